The highest BCUT2D eigenvalue weighted by Gasteiger charge is 2.16. The highest BCUT2D eigenvalue weighted by molar-refractivity contribution is 6.34. The fourth-order valence-electron chi connectivity index (χ4n) is 1.98. The summed E-state index contributed by atoms with van der Waals surface area (Å²) in [6, 6.07) is 2.95. The molecule has 1 aromatic rings. The number of halogens is 2. The van der Waals surface area contributed by atoms with Crippen molar-refractivity contribution in [3.05, 3.63) is 28.0 Å². The summed E-state index contributed by atoms with van der Waals surface area (Å²) >= 11 is 11.6. The smallest absolute Gasteiger partial charge is 0.359 e. The van der Waals surface area contributed by atoms with Crippen molar-refractivity contribution in [1.29, 1.82) is 0 Å². The molecule has 0 saturated heterocycles. The molecule has 1 heterocycles. The van der Waals surface area contributed by atoms with Crippen LogP contribution in [0.5, 0.6) is 0 Å². The van der Waals surface area contributed by atoms with Crippen molar-refractivity contribution in [1.82, 2.24) is 10.3 Å². The quantitative estimate of drug-likeness (QED) is 0.564. The summed E-state index contributed by atoms with van der Waals surface area (Å²) in [4.78, 5) is 27.4. The Bertz CT molecular complexity index is 550. The van der Waals surface area contributed by atoms with E-state index in [0.717, 1.165) is 19.3 Å². The summed E-state index contributed by atoms with van der Waals surface area (Å²) in [5, 5.41) is 3.05. The molecule has 5 nitrogen and oxygen atoms in total. The first-order chi connectivity index (χ1) is 10.8. The first kappa shape index (κ1) is 19.7. The van der Waals surface area contributed by atoms with E-state index in [9.17, 15) is 9.59 Å². The number of carbonyl (C=O) groups excluding carboxylic acids is 2. The van der Waals surface area contributed by atoms with E-state index in [1.807, 2.05) is 6.92 Å². The van der Waals surface area contributed by atoms with Gasteiger partial charge >= 0.3 is 5.97 Å². The second-order valence-electron chi connectivity index (χ2n) is 5.83. The van der Waals surface area contributed by atoms with Gasteiger partial charge in [-0.3, -0.25) is 4.79 Å². The standard InChI is InChI=1S/C16H22Cl2N2O3/c1-10(2)5-4-6-11(3)19-14(21)9-23-16(22)15-12(17)7-8-13(18)20-15/h7-8,10-11H,4-6,9H2,1-3H3,(H,19,21). The second-order valence-corrected chi connectivity index (χ2v) is 6.63. The maximum Gasteiger partial charge on any atom is 0.359 e. The van der Waals surface area contributed by atoms with Crippen LogP contribution >= 0.6 is 23.2 Å². The van der Waals surface area contributed by atoms with Gasteiger partial charge in [0.1, 0.15) is 5.15 Å². The number of nitrogens with zero attached hydrogens (tertiary/aromatic N) is 1. The van der Waals surface area contributed by atoms with Gasteiger partial charge in [0.25, 0.3) is 5.91 Å². The summed E-state index contributed by atoms with van der Waals surface area (Å²) in [6.45, 7) is 5.88. The van der Waals surface area contributed by atoms with E-state index in [-0.39, 0.29) is 34.4 Å². The predicted molar refractivity (Wildman–Crippen MR) is 90.8 cm³/mol. The molecular weight excluding hydrogens is 339 g/mol. The molecular formula is C16H22Cl2N2O3. The number of hydrogen-bond acceptors (Lipinski definition) is 4. The van der Waals surface area contributed by atoms with E-state index in [4.69, 9.17) is 27.9 Å². The van der Waals surface area contributed by atoms with Gasteiger partial charge in [0, 0.05) is 6.04 Å². The van der Waals surface area contributed by atoms with E-state index in [0.29, 0.717) is 5.92 Å². The molecule has 0 spiro atoms. The van der Waals surface area contributed by atoms with Gasteiger partial charge in [0.15, 0.2) is 12.3 Å². The maximum atomic E-state index is 11.8. The third-order valence-corrected chi connectivity index (χ3v) is 3.68. The number of carbonyl (C=O) groups is 2. The molecule has 0 saturated carbocycles. The molecule has 1 unspecified atom stereocenters. The highest BCUT2D eigenvalue weighted by atomic mass is 35.5. The number of rotatable bonds is 8. The zero-order chi connectivity index (χ0) is 17.4. The maximum absolute atomic E-state index is 11.8. The Morgan fingerprint density at radius 3 is 2.57 bits per heavy atom. The molecule has 7 heteroatoms. The van der Waals surface area contributed by atoms with Crippen LogP contribution in [0.4, 0.5) is 0 Å². The number of aromatic nitrogens is 1. The van der Waals surface area contributed by atoms with Gasteiger partial charge in [-0.2, -0.15) is 0 Å². The minimum atomic E-state index is -0.778. The molecule has 0 aliphatic carbocycles. The Balaban J connectivity index is 2.38. The Hall–Kier alpha value is -1.33. The predicted octanol–water partition coefficient (Wildman–Crippen LogP) is 3.88. The third-order valence-electron chi connectivity index (χ3n) is 3.17. The van der Waals surface area contributed by atoms with Crippen molar-refractivity contribution in [3.8, 4) is 0 Å². The number of pyridine rings is 1. The number of amides is 1. The van der Waals surface area contributed by atoms with Crippen LogP contribution in [0.1, 0.15) is 50.5 Å². The van der Waals surface area contributed by atoms with Crippen LogP contribution in [-0.4, -0.2) is 29.5 Å². The van der Waals surface area contributed by atoms with Crippen LogP contribution in [0, 0.1) is 5.92 Å². The molecule has 0 aliphatic heterocycles. The zero-order valence-electron chi connectivity index (χ0n) is 13.6. The molecule has 1 amide bonds. The number of nitrogens with one attached hydrogen (secondary N) is 1. The fraction of sp³-hybridized carbons (Fsp3) is 0.562. The van der Waals surface area contributed by atoms with Gasteiger partial charge < -0.3 is 10.1 Å². The summed E-state index contributed by atoms with van der Waals surface area (Å²) < 4.78 is 4.91. The monoisotopic (exact) mass is 360 g/mol. The minimum absolute atomic E-state index is 0.0350. The van der Waals surface area contributed by atoms with Crippen molar-refractivity contribution in [2.45, 2.75) is 46.1 Å². The average molecular weight is 361 g/mol. The van der Waals surface area contributed by atoms with Gasteiger partial charge in [-0.25, -0.2) is 9.78 Å². The minimum Gasteiger partial charge on any atom is -0.451 e. The topological polar surface area (TPSA) is 68.3 Å². The van der Waals surface area contributed by atoms with Gasteiger partial charge in [0.2, 0.25) is 0 Å². The Morgan fingerprint density at radius 2 is 1.91 bits per heavy atom. The lowest BCUT2D eigenvalue weighted by molar-refractivity contribution is -0.124. The lowest BCUT2D eigenvalue weighted by atomic mass is 10.0. The van der Waals surface area contributed by atoms with Gasteiger partial charge in [-0.05, 0) is 31.4 Å². The second kappa shape index (κ2) is 9.73. The normalized spacial score (nSPS) is 12.1. The van der Waals surface area contributed by atoms with Crippen LogP contribution in [-0.2, 0) is 9.53 Å². The molecule has 0 bridgehead atoms. The molecule has 23 heavy (non-hydrogen) atoms. The molecule has 128 valence electrons. The van der Waals surface area contributed by atoms with Gasteiger partial charge in [0.05, 0.1) is 5.02 Å². The fourth-order valence-corrected chi connectivity index (χ4v) is 2.31. The van der Waals surface area contributed by atoms with Gasteiger partial charge in [-0.15, -0.1) is 0 Å². The number of hydrogen-bond donors (Lipinski definition) is 1. The molecule has 0 aliphatic rings. The first-order valence-corrected chi connectivity index (χ1v) is 8.33. The Kier molecular flexibility index (Phi) is 8.34. The largest absolute Gasteiger partial charge is 0.451 e. The molecule has 0 aromatic carbocycles. The van der Waals surface area contributed by atoms with Crippen LogP contribution in [0.15, 0.2) is 12.1 Å². The Labute approximate surface area is 146 Å². The summed E-state index contributed by atoms with van der Waals surface area (Å²) in [6.07, 6.45) is 3.05. The number of esters is 1. The van der Waals surface area contributed by atoms with Crippen molar-refractivity contribution >= 4 is 35.1 Å². The SMILES string of the molecule is CC(C)CCCC(C)NC(=O)COC(=O)c1nc(Cl)ccc1Cl. The lowest BCUT2D eigenvalue weighted by Gasteiger charge is -2.14. The van der Waals surface area contributed by atoms with Crippen LogP contribution in [0.3, 0.4) is 0 Å². The van der Waals surface area contributed by atoms with E-state index < -0.39 is 5.97 Å². The molecule has 1 aromatic heterocycles. The summed E-state index contributed by atoms with van der Waals surface area (Å²) in [7, 11) is 0. The van der Waals surface area contributed by atoms with Crippen molar-refractivity contribution in [2.24, 2.45) is 5.92 Å². The van der Waals surface area contributed by atoms with E-state index in [1.165, 1.54) is 12.1 Å². The van der Waals surface area contributed by atoms with Crippen molar-refractivity contribution < 1.29 is 14.3 Å². The summed E-state index contributed by atoms with van der Waals surface area (Å²) in [5.41, 5.74) is -0.100. The molecule has 1 atom stereocenters. The van der Waals surface area contributed by atoms with Crippen molar-refractivity contribution in [2.75, 3.05) is 6.61 Å². The molecule has 1 N–H and O–H groups in total. The molecule has 0 fully saturated rings. The highest BCUT2D eigenvalue weighted by Crippen LogP contribution is 2.17. The summed E-state index contributed by atoms with van der Waals surface area (Å²) in [5.74, 6) is -0.484. The number of ether oxygens (including phenoxy) is 1. The third kappa shape index (κ3) is 7.66. The average Bonchev–Trinajstić information content (AvgIpc) is 2.46. The van der Waals surface area contributed by atoms with Crippen molar-refractivity contribution in [3.63, 3.8) is 0 Å². The van der Waals surface area contributed by atoms with Crippen LogP contribution in [0.25, 0.3) is 0 Å². The Morgan fingerprint density at radius 1 is 1.22 bits per heavy atom. The first-order valence-electron chi connectivity index (χ1n) is 7.58. The lowest BCUT2D eigenvalue weighted by Crippen LogP contribution is -2.36. The van der Waals surface area contributed by atoms with Gasteiger partial charge in [-0.1, -0.05) is 49.9 Å². The zero-order valence-corrected chi connectivity index (χ0v) is 15.1. The van der Waals surface area contributed by atoms with E-state index in [1.54, 1.807) is 0 Å². The molecule has 1 rings (SSSR count). The van der Waals surface area contributed by atoms with E-state index in [2.05, 4.69) is 24.1 Å². The molecule has 0 radical (unpaired) electrons. The van der Waals surface area contributed by atoms with Crippen LogP contribution in [0.2, 0.25) is 10.2 Å². The van der Waals surface area contributed by atoms with E-state index >= 15 is 0 Å². The van der Waals surface area contributed by atoms with Crippen LogP contribution < -0.4 is 5.32 Å².